The van der Waals surface area contributed by atoms with Crippen LogP contribution in [0.15, 0.2) is 77.9 Å². The highest BCUT2D eigenvalue weighted by Crippen LogP contribution is 2.45. The number of thiophene rings is 1. The van der Waals surface area contributed by atoms with Crippen molar-refractivity contribution in [2.75, 3.05) is 44.7 Å². The van der Waals surface area contributed by atoms with Crippen molar-refractivity contribution in [1.29, 1.82) is 0 Å². The number of nitrogens with zero attached hydrogens (tertiary/aromatic N) is 3. The Bertz CT molecular complexity index is 2010. The van der Waals surface area contributed by atoms with Crippen LogP contribution in [0.2, 0.25) is 0 Å². The van der Waals surface area contributed by atoms with Crippen LogP contribution in [0.4, 0.5) is 14.5 Å². The summed E-state index contributed by atoms with van der Waals surface area (Å²) in [4.78, 5) is 26.1. The van der Waals surface area contributed by atoms with Crippen LogP contribution in [0.1, 0.15) is 48.3 Å². The number of hydrogen-bond donors (Lipinski definition) is 1. The first-order chi connectivity index (χ1) is 23.2. The quantitative estimate of drug-likeness (QED) is 0.167. The zero-order valence-electron chi connectivity index (χ0n) is 27.3. The number of aromatic nitrogens is 2. The van der Waals surface area contributed by atoms with Gasteiger partial charge in [-0.1, -0.05) is 19.4 Å². The van der Waals surface area contributed by atoms with Gasteiger partial charge in [-0.05, 0) is 83.7 Å². The highest BCUT2D eigenvalue weighted by atomic mass is 32.1. The van der Waals surface area contributed by atoms with Gasteiger partial charge in [0.05, 0.1) is 13.3 Å². The number of fused-ring (bicyclic) bond motifs is 1. The third-order valence-corrected chi connectivity index (χ3v) is 10.4. The normalized spacial score (nSPS) is 16.8. The van der Waals surface area contributed by atoms with Crippen LogP contribution in [-0.4, -0.2) is 60.7 Å². The monoisotopic (exact) mass is 668 g/mol. The zero-order chi connectivity index (χ0) is 33.4. The number of methoxy groups -OCH3 is 1. The number of pyridine rings is 1. The van der Waals surface area contributed by atoms with Crippen molar-refractivity contribution in [3.8, 4) is 22.6 Å². The minimum absolute atomic E-state index is 0.183. The maximum atomic E-state index is 14.6. The topological polar surface area (TPSA) is 70.7 Å². The van der Waals surface area contributed by atoms with Crippen LogP contribution in [0, 0.1) is 17.0 Å². The molecule has 0 saturated carbocycles. The van der Waals surface area contributed by atoms with E-state index >= 15 is 0 Å². The zero-order valence-corrected chi connectivity index (χ0v) is 28.1. The number of H-pyrrole nitrogens is 1. The summed E-state index contributed by atoms with van der Waals surface area (Å²) >= 11 is 1.64. The fourth-order valence-electron chi connectivity index (χ4n) is 6.73. The molecule has 48 heavy (non-hydrogen) atoms. The lowest BCUT2D eigenvalue weighted by atomic mass is 9.73. The van der Waals surface area contributed by atoms with E-state index in [0.29, 0.717) is 22.6 Å². The van der Waals surface area contributed by atoms with Gasteiger partial charge in [0, 0.05) is 72.6 Å². The van der Waals surface area contributed by atoms with E-state index in [9.17, 15) is 13.6 Å². The SMILES string of the molecule is COC(=O)c1ccc(N2CCN(CC3=C(c4cc(-c5ccc(F)cc5F)cs4)CC(C)(C)CC3)CC2)cc1Oc1cnc2[nH]ccc2c1. The third kappa shape index (κ3) is 6.73. The second-order valence-corrected chi connectivity index (χ2v) is 14.3. The first-order valence-electron chi connectivity index (χ1n) is 16.2. The molecule has 5 aromatic rings. The highest BCUT2D eigenvalue weighted by Gasteiger charge is 2.30. The fourth-order valence-corrected chi connectivity index (χ4v) is 7.74. The molecule has 0 bridgehead atoms. The van der Waals surface area contributed by atoms with Gasteiger partial charge in [-0.15, -0.1) is 11.3 Å². The molecular weight excluding hydrogens is 631 g/mol. The van der Waals surface area contributed by atoms with Gasteiger partial charge in [0.2, 0.25) is 0 Å². The number of nitrogens with one attached hydrogen (secondary N) is 1. The van der Waals surface area contributed by atoms with E-state index in [1.165, 1.54) is 35.3 Å². The number of piperazine rings is 1. The Balaban J connectivity index is 1.07. The van der Waals surface area contributed by atoms with E-state index in [2.05, 4.69) is 39.7 Å². The van der Waals surface area contributed by atoms with Gasteiger partial charge in [-0.2, -0.15) is 0 Å². The number of ether oxygens (including phenoxy) is 2. The lowest BCUT2D eigenvalue weighted by molar-refractivity contribution is 0.0598. The lowest BCUT2D eigenvalue weighted by Gasteiger charge is -2.39. The maximum Gasteiger partial charge on any atom is 0.341 e. The van der Waals surface area contributed by atoms with Gasteiger partial charge >= 0.3 is 5.97 Å². The standard InChI is InChI=1S/C38H38F2N4O3S/c1-38(2)10-8-25(32(20-38)35-17-26(23-48-35)30-6-4-27(39)18-33(30)40)22-43-12-14-44(15-13-43)28-5-7-31(37(45)46-3)34(19-28)47-29-16-24-9-11-41-36(24)42-21-29/h4-7,9,11,16-19,21,23H,8,10,12-15,20,22H2,1-3H3,(H,41,42). The molecule has 1 aliphatic heterocycles. The lowest BCUT2D eigenvalue weighted by Crippen LogP contribution is -2.47. The van der Waals surface area contributed by atoms with Crippen molar-refractivity contribution in [3.63, 3.8) is 0 Å². The largest absolute Gasteiger partial charge is 0.465 e. The first-order valence-corrected chi connectivity index (χ1v) is 17.1. The molecule has 2 aromatic carbocycles. The van der Waals surface area contributed by atoms with Gasteiger partial charge in [0.25, 0.3) is 0 Å². The molecule has 1 aliphatic carbocycles. The average molecular weight is 669 g/mol. The van der Waals surface area contributed by atoms with Crippen molar-refractivity contribution in [1.82, 2.24) is 14.9 Å². The number of aromatic amines is 1. The Hall–Kier alpha value is -4.54. The molecule has 0 unspecified atom stereocenters. The Kier molecular flexibility index (Phi) is 8.78. The van der Waals surface area contributed by atoms with Crippen molar-refractivity contribution < 1.29 is 23.0 Å². The molecule has 4 heterocycles. The Morgan fingerprint density at radius 3 is 2.67 bits per heavy atom. The van der Waals surface area contributed by atoms with Gasteiger partial charge in [-0.3, -0.25) is 4.90 Å². The summed E-state index contributed by atoms with van der Waals surface area (Å²) in [6.07, 6.45) is 6.58. The van der Waals surface area contributed by atoms with E-state index in [0.717, 1.165) is 80.3 Å². The van der Waals surface area contributed by atoms with E-state index in [1.807, 2.05) is 35.8 Å². The second kappa shape index (κ2) is 13.2. The Labute approximate surface area is 282 Å². The number of rotatable bonds is 8. The van der Waals surface area contributed by atoms with Crippen LogP contribution in [0.5, 0.6) is 11.5 Å². The average Bonchev–Trinajstić information content (AvgIpc) is 3.76. The van der Waals surface area contributed by atoms with Crippen molar-refractivity contribution in [2.45, 2.75) is 33.1 Å². The summed E-state index contributed by atoms with van der Waals surface area (Å²) in [5.41, 5.74) is 6.31. The summed E-state index contributed by atoms with van der Waals surface area (Å²) in [6.45, 7) is 8.95. The van der Waals surface area contributed by atoms with E-state index in [1.54, 1.807) is 23.6 Å². The van der Waals surface area contributed by atoms with Crippen LogP contribution in [-0.2, 0) is 4.74 Å². The third-order valence-electron chi connectivity index (χ3n) is 9.45. The molecule has 0 atom stereocenters. The first kappa shape index (κ1) is 32.0. The highest BCUT2D eigenvalue weighted by molar-refractivity contribution is 7.11. The molecule has 1 saturated heterocycles. The minimum Gasteiger partial charge on any atom is -0.465 e. The van der Waals surface area contributed by atoms with Crippen LogP contribution >= 0.6 is 11.3 Å². The fraction of sp³-hybridized carbons (Fsp3) is 0.316. The van der Waals surface area contributed by atoms with Gasteiger partial charge in [0.15, 0.2) is 0 Å². The minimum atomic E-state index is -0.569. The summed E-state index contributed by atoms with van der Waals surface area (Å²) in [7, 11) is 1.36. The molecule has 0 radical (unpaired) electrons. The molecule has 248 valence electrons. The maximum absolute atomic E-state index is 14.6. The van der Waals surface area contributed by atoms with Crippen molar-refractivity contribution >= 4 is 39.6 Å². The number of esters is 1. The molecule has 10 heteroatoms. The number of benzene rings is 2. The molecular formula is C38H38F2N4O3S. The molecule has 1 fully saturated rings. The summed E-state index contributed by atoms with van der Waals surface area (Å²) in [6, 6.07) is 15.3. The number of carbonyl (C=O) groups excluding carboxylic acids is 1. The molecule has 2 aliphatic rings. The number of halogens is 2. The molecule has 3 aromatic heterocycles. The number of hydrogen-bond acceptors (Lipinski definition) is 7. The van der Waals surface area contributed by atoms with E-state index in [4.69, 9.17) is 9.47 Å². The number of anilines is 1. The van der Waals surface area contributed by atoms with E-state index < -0.39 is 17.6 Å². The Morgan fingerprint density at radius 2 is 1.88 bits per heavy atom. The number of allylic oxidation sites excluding steroid dienone is 1. The van der Waals surface area contributed by atoms with Gasteiger partial charge in [-0.25, -0.2) is 18.6 Å². The molecule has 1 N–H and O–H groups in total. The summed E-state index contributed by atoms with van der Waals surface area (Å²) in [5, 5.41) is 2.90. The van der Waals surface area contributed by atoms with Crippen LogP contribution in [0.3, 0.4) is 0 Å². The van der Waals surface area contributed by atoms with Crippen molar-refractivity contribution in [2.24, 2.45) is 5.41 Å². The number of carbonyl (C=O) groups is 1. The summed E-state index contributed by atoms with van der Waals surface area (Å²) in [5.74, 6) is -0.605. The van der Waals surface area contributed by atoms with Crippen LogP contribution in [0.25, 0.3) is 27.7 Å². The van der Waals surface area contributed by atoms with Gasteiger partial charge in [0.1, 0.15) is 34.3 Å². The van der Waals surface area contributed by atoms with E-state index in [-0.39, 0.29) is 5.41 Å². The predicted molar refractivity (Wildman–Crippen MR) is 187 cm³/mol. The molecule has 7 nitrogen and oxygen atoms in total. The molecule has 0 amide bonds. The second-order valence-electron chi connectivity index (χ2n) is 13.4. The van der Waals surface area contributed by atoms with Crippen molar-refractivity contribution in [3.05, 3.63) is 100 Å². The van der Waals surface area contributed by atoms with Gasteiger partial charge < -0.3 is 19.4 Å². The molecule has 0 spiro atoms. The Morgan fingerprint density at radius 1 is 1.04 bits per heavy atom. The predicted octanol–water partition coefficient (Wildman–Crippen LogP) is 8.93. The smallest absolute Gasteiger partial charge is 0.341 e. The summed E-state index contributed by atoms with van der Waals surface area (Å²) < 4.78 is 39.4. The van der Waals surface area contributed by atoms with Crippen LogP contribution < -0.4 is 9.64 Å². The molecule has 7 rings (SSSR count).